The third-order valence-corrected chi connectivity index (χ3v) is 3.11. The molecule has 1 aliphatic rings. The summed E-state index contributed by atoms with van der Waals surface area (Å²) in [5.41, 5.74) is 0. The SMILES string of the molecule is CNC1CC(CCC(=O)OC)CN(C)C1. The number of hydrogen-bond donors (Lipinski definition) is 1. The number of carbonyl (C=O) groups is 1. The Labute approximate surface area is 92.0 Å². The largest absolute Gasteiger partial charge is 0.469 e. The number of nitrogens with one attached hydrogen (secondary N) is 1. The molecule has 0 aromatic rings. The Morgan fingerprint density at radius 3 is 2.87 bits per heavy atom. The van der Waals surface area contributed by atoms with Crippen LogP contribution in [0.4, 0.5) is 0 Å². The molecule has 0 aromatic heterocycles. The van der Waals surface area contributed by atoms with Crippen LogP contribution < -0.4 is 5.32 Å². The maximum atomic E-state index is 11.0. The van der Waals surface area contributed by atoms with Crippen LogP contribution in [0.3, 0.4) is 0 Å². The minimum absolute atomic E-state index is 0.0933. The van der Waals surface area contributed by atoms with E-state index in [-0.39, 0.29) is 5.97 Å². The van der Waals surface area contributed by atoms with Crippen LogP contribution >= 0.6 is 0 Å². The van der Waals surface area contributed by atoms with Gasteiger partial charge in [-0.05, 0) is 32.9 Å². The van der Waals surface area contributed by atoms with Crippen molar-refractivity contribution >= 4 is 5.97 Å². The van der Waals surface area contributed by atoms with Crippen LogP contribution in [0.1, 0.15) is 19.3 Å². The Morgan fingerprint density at radius 2 is 2.27 bits per heavy atom. The molecule has 0 radical (unpaired) electrons. The van der Waals surface area contributed by atoms with Gasteiger partial charge < -0.3 is 15.0 Å². The summed E-state index contributed by atoms with van der Waals surface area (Å²) < 4.78 is 4.65. The second-order valence-corrected chi connectivity index (χ2v) is 4.42. The van der Waals surface area contributed by atoms with E-state index in [2.05, 4.69) is 22.0 Å². The van der Waals surface area contributed by atoms with Crippen molar-refractivity contribution in [3.05, 3.63) is 0 Å². The van der Waals surface area contributed by atoms with Crippen LogP contribution in [0.25, 0.3) is 0 Å². The molecule has 0 saturated carbocycles. The van der Waals surface area contributed by atoms with Gasteiger partial charge in [-0.15, -0.1) is 0 Å². The summed E-state index contributed by atoms with van der Waals surface area (Å²) in [5.74, 6) is 0.518. The number of carbonyl (C=O) groups excluding carboxylic acids is 1. The van der Waals surface area contributed by atoms with Gasteiger partial charge in [0.25, 0.3) is 0 Å². The fourth-order valence-corrected chi connectivity index (χ4v) is 2.29. The Balaban J connectivity index is 2.31. The molecule has 1 N–H and O–H groups in total. The maximum Gasteiger partial charge on any atom is 0.305 e. The van der Waals surface area contributed by atoms with Gasteiger partial charge in [-0.2, -0.15) is 0 Å². The molecule has 0 spiro atoms. The van der Waals surface area contributed by atoms with Crippen molar-refractivity contribution in [3.63, 3.8) is 0 Å². The zero-order valence-electron chi connectivity index (χ0n) is 9.95. The van der Waals surface area contributed by atoms with E-state index in [1.54, 1.807) is 0 Å². The van der Waals surface area contributed by atoms with Gasteiger partial charge in [0.05, 0.1) is 7.11 Å². The lowest BCUT2D eigenvalue weighted by atomic mass is 9.91. The molecule has 4 nitrogen and oxygen atoms in total. The second-order valence-electron chi connectivity index (χ2n) is 4.42. The lowest BCUT2D eigenvalue weighted by Gasteiger charge is -2.35. The Kier molecular flexibility index (Phi) is 5.05. The lowest BCUT2D eigenvalue weighted by Crippen LogP contribution is -2.46. The summed E-state index contributed by atoms with van der Waals surface area (Å²) in [6, 6.07) is 0.561. The highest BCUT2D eigenvalue weighted by molar-refractivity contribution is 5.69. The molecule has 0 bridgehead atoms. The van der Waals surface area contributed by atoms with E-state index in [0.717, 1.165) is 25.9 Å². The Bertz CT molecular complexity index is 209. The maximum absolute atomic E-state index is 11.0. The van der Waals surface area contributed by atoms with Gasteiger partial charge in [-0.25, -0.2) is 0 Å². The first-order valence-electron chi connectivity index (χ1n) is 5.58. The van der Waals surface area contributed by atoms with E-state index in [1.807, 2.05) is 7.05 Å². The normalized spacial score (nSPS) is 27.7. The molecule has 0 aliphatic carbocycles. The molecular weight excluding hydrogens is 192 g/mol. The second kappa shape index (κ2) is 6.08. The number of nitrogens with zero attached hydrogens (tertiary/aromatic N) is 1. The minimum atomic E-state index is -0.0933. The summed E-state index contributed by atoms with van der Waals surface area (Å²) in [6.45, 7) is 2.19. The molecule has 15 heavy (non-hydrogen) atoms. The zero-order chi connectivity index (χ0) is 11.3. The van der Waals surface area contributed by atoms with E-state index in [0.29, 0.717) is 18.4 Å². The van der Waals surface area contributed by atoms with E-state index in [9.17, 15) is 4.79 Å². The van der Waals surface area contributed by atoms with Crippen LogP contribution in [-0.4, -0.2) is 51.2 Å². The van der Waals surface area contributed by atoms with Crippen LogP contribution in [-0.2, 0) is 9.53 Å². The van der Waals surface area contributed by atoms with Crippen molar-refractivity contribution in [2.24, 2.45) is 5.92 Å². The summed E-state index contributed by atoms with van der Waals surface area (Å²) in [5, 5.41) is 3.31. The number of ether oxygens (including phenoxy) is 1. The number of piperidine rings is 1. The highest BCUT2D eigenvalue weighted by atomic mass is 16.5. The molecule has 2 unspecified atom stereocenters. The summed E-state index contributed by atoms with van der Waals surface area (Å²) in [4.78, 5) is 13.4. The molecular formula is C11H22N2O2. The predicted molar refractivity (Wildman–Crippen MR) is 59.7 cm³/mol. The molecule has 1 rings (SSSR count). The molecule has 1 saturated heterocycles. The van der Waals surface area contributed by atoms with Gasteiger partial charge >= 0.3 is 5.97 Å². The fourth-order valence-electron chi connectivity index (χ4n) is 2.29. The van der Waals surface area contributed by atoms with Crippen molar-refractivity contribution in [1.82, 2.24) is 10.2 Å². The van der Waals surface area contributed by atoms with Gasteiger partial charge in [-0.3, -0.25) is 4.79 Å². The van der Waals surface area contributed by atoms with Gasteiger partial charge in [-0.1, -0.05) is 0 Å². The monoisotopic (exact) mass is 214 g/mol. The van der Waals surface area contributed by atoms with E-state index >= 15 is 0 Å². The standard InChI is InChI=1S/C11H22N2O2/c1-12-10-6-9(7-13(2)8-10)4-5-11(14)15-3/h9-10,12H,4-8H2,1-3H3. The molecule has 1 fully saturated rings. The lowest BCUT2D eigenvalue weighted by molar-refractivity contribution is -0.141. The van der Waals surface area contributed by atoms with Crippen LogP contribution in [0, 0.1) is 5.92 Å². The summed E-state index contributed by atoms with van der Waals surface area (Å²) in [6.07, 6.45) is 2.65. The Hall–Kier alpha value is -0.610. The molecule has 4 heteroatoms. The first-order valence-corrected chi connectivity index (χ1v) is 5.58. The Morgan fingerprint density at radius 1 is 1.53 bits per heavy atom. The average molecular weight is 214 g/mol. The first kappa shape index (κ1) is 12.5. The number of hydrogen-bond acceptors (Lipinski definition) is 4. The molecule has 0 aromatic carbocycles. The van der Waals surface area contributed by atoms with E-state index < -0.39 is 0 Å². The quantitative estimate of drug-likeness (QED) is 0.691. The first-order chi connectivity index (χ1) is 7.15. The molecule has 1 aliphatic heterocycles. The third-order valence-electron chi connectivity index (χ3n) is 3.11. The minimum Gasteiger partial charge on any atom is -0.469 e. The molecule has 1 heterocycles. The number of rotatable bonds is 4. The van der Waals surface area contributed by atoms with Crippen molar-refractivity contribution in [3.8, 4) is 0 Å². The highest BCUT2D eigenvalue weighted by Gasteiger charge is 2.24. The van der Waals surface area contributed by atoms with Crippen LogP contribution in [0.2, 0.25) is 0 Å². The van der Waals surface area contributed by atoms with E-state index in [4.69, 9.17) is 0 Å². The molecule has 2 atom stereocenters. The van der Waals surface area contributed by atoms with Crippen LogP contribution in [0.5, 0.6) is 0 Å². The average Bonchev–Trinajstić information content (AvgIpc) is 2.25. The number of likely N-dealkylation sites (tertiary alicyclic amines) is 1. The number of esters is 1. The van der Waals surface area contributed by atoms with Crippen molar-refractivity contribution < 1.29 is 9.53 Å². The topological polar surface area (TPSA) is 41.6 Å². The summed E-state index contributed by atoms with van der Waals surface area (Å²) in [7, 11) is 5.58. The zero-order valence-corrected chi connectivity index (χ0v) is 9.95. The third kappa shape index (κ3) is 4.18. The fraction of sp³-hybridized carbons (Fsp3) is 0.909. The number of methoxy groups -OCH3 is 1. The smallest absolute Gasteiger partial charge is 0.305 e. The van der Waals surface area contributed by atoms with Crippen molar-refractivity contribution in [1.29, 1.82) is 0 Å². The molecule has 88 valence electrons. The van der Waals surface area contributed by atoms with Crippen LogP contribution in [0.15, 0.2) is 0 Å². The number of likely N-dealkylation sites (N-methyl/N-ethyl adjacent to an activating group) is 2. The molecule has 0 amide bonds. The van der Waals surface area contributed by atoms with Crippen molar-refractivity contribution in [2.75, 3.05) is 34.3 Å². The van der Waals surface area contributed by atoms with Gasteiger partial charge in [0.1, 0.15) is 0 Å². The van der Waals surface area contributed by atoms with Gasteiger partial charge in [0, 0.05) is 25.6 Å². The van der Waals surface area contributed by atoms with E-state index in [1.165, 1.54) is 7.11 Å². The van der Waals surface area contributed by atoms with Gasteiger partial charge in [0.15, 0.2) is 0 Å². The summed E-state index contributed by atoms with van der Waals surface area (Å²) >= 11 is 0. The predicted octanol–water partition coefficient (Wildman–Crippen LogP) is 0.479. The highest BCUT2D eigenvalue weighted by Crippen LogP contribution is 2.20. The van der Waals surface area contributed by atoms with Gasteiger partial charge in [0.2, 0.25) is 0 Å². The van der Waals surface area contributed by atoms with Crippen molar-refractivity contribution in [2.45, 2.75) is 25.3 Å².